The first-order chi connectivity index (χ1) is 5.66. The van der Waals surface area contributed by atoms with Crippen molar-refractivity contribution in [1.29, 1.82) is 0 Å². The molecule has 0 aliphatic carbocycles. The van der Waals surface area contributed by atoms with Crippen molar-refractivity contribution in [3.05, 3.63) is 22.0 Å². The van der Waals surface area contributed by atoms with Crippen LogP contribution in [-0.4, -0.2) is 10.2 Å². The van der Waals surface area contributed by atoms with Gasteiger partial charge in [0.2, 0.25) is 0 Å². The van der Waals surface area contributed by atoms with Crippen LogP contribution in [0.3, 0.4) is 0 Å². The summed E-state index contributed by atoms with van der Waals surface area (Å²) in [6.45, 7) is 6.11. The Bertz CT molecular complexity index is 284. The maximum atomic E-state index is 5.85. The predicted molar refractivity (Wildman–Crippen MR) is 50.5 cm³/mol. The first-order valence-corrected chi connectivity index (χ1v) is 4.52. The lowest BCUT2D eigenvalue weighted by Crippen LogP contribution is -1.99. The summed E-state index contributed by atoms with van der Waals surface area (Å²) in [5.74, 6) is 0. The summed E-state index contributed by atoms with van der Waals surface area (Å²) >= 11 is 5.85. The summed E-state index contributed by atoms with van der Waals surface area (Å²) in [6, 6.07) is 0. The molecule has 2 nitrogen and oxygen atoms in total. The number of aromatic nitrogens is 2. The number of nitrogens with zero attached hydrogens (tertiary/aromatic N) is 2. The fraction of sp³-hybridized carbons (Fsp3) is 0.556. The van der Waals surface area contributed by atoms with E-state index in [1.807, 2.05) is 13.8 Å². The van der Waals surface area contributed by atoms with Crippen molar-refractivity contribution in [1.82, 2.24) is 10.2 Å². The molecule has 0 radical (unpaired) electrons. The van der Waals surface area contributed by atoms with Crippen LogP contribution in [0, 0.1) is 13.8 Å². The first-order valence-electron chi connectivity index (χ1n) is 4.15. The molecule has 3 heteroatoms. The second-order valence-corrected chi connectivity index (χ2v) is 3.29. The van der Waals surface area contributed by atoms with Gasteiger partial charge >= 0.3 is 0 Å². The van der Waals surface area contributed by atoms with E-state index in [0.717, 1.165) is 24.1 Å². The van der Waals surface area contributed by atoms with E-state index in [2.05, 4.69) is 17.1 Å². The van der Waals surface area contributed by atoms with Crippen molar-refractivity contribution in [2.45, 2.75) is 33.6 Å². The molecule has 0 saturated heterocycles. The highest BCUT2D eigenvalue weighted by Crippen LogP contribution is 2.18. The number of hydrogen-bond acceptors (Lipinski definition) is 2. The second-order valence-electron chi connectivity index (χ2n) is 2.93. The minimum Gasteiger partial charge on any atom is -0.154 e. The van der Waals surface area contributed by atoms with Crippen molar-refractivity contribution in [3.63, 3.8) is 0 Å². The van der Waals surface area contributed by atoms with Gasteiger partial charge in [-0.3, -0.25) is 0 Å². The van der Waals surface area contributed by atoms with E-state index in [9.17, 15) is 0 Å². The predicted octanol–water partition coefficient (Wildman–Crippen LogP) is 2.70. The molecule has 1 aromatic heterocycles. The SMILES string of the molecule is CCCc1c(C)nnc(Cl)c1C. The Hall–Kier alpha value is -0.630. The Labute approximate surface area is 78.0 Å². The van der Waals surface area contributed by atoms with Crippen molar-refractivity contribution >= 4 is 11.6 Å². The highest BCUT2D eigenvalue weighted by atomic mass is 35.5. The van der Waals surface area contributed by atoms with Gasteiger partial charge in [-0.1, -0.05) is 24.9 Å². The molecular formula is C9H13ClN2. The van der Waals surface area contributed by atoms with Gasteiger partial charge in [0, 0.05) is 0 Å². The van der Waals surface area contributed by atoms with E-state index in [-0.39, 0.29) is 0 Å². The lowest BCUT2D eigenvalue weighted by molar-refractivity contribution is 0.853. The normalized spacial score (nSPS) is 10.3. The third kappa shape index (κ3) is 1.75. The molecule has 0 aliphatic rings. The van der Waals surface area contributed by atoms with Gasteiger partial charge in [-0.2, -0.15) is 5.10 Å². The maximum absolute atomic E-state index is 5.85. The molecule has 0 aromatic carbocycles. The van der Waals surface area contributed by atoms with Gasteiger partial charge in [-0.05, 0) is 31.4 Å². The topological polar surface area (TPSA) is 25.8 Å². The Balaban J connectivity index is 3.14. The zero-order valence-electron chi connectivity index (χ0n) is 7.69. The highest BCUT2D eigenvalue weighted by molar-refractivity contribution is 6.30. The molecule has 1 aromatic rings. The summed E-state index contributed by atoms with van der Waals surface area (Å²) in [4.78, 5) is 0. The summed E-state index contributed by atoms with van der Waals surface area (Å²) in [7, 11) is 0. The summed E-state index contributed by atoms with van der Waals surface area (Å²) in [5.41, 5.74) is 3.32. The van der Waals surface area contributed by atoms with E-state index in [0.29, 0.717) is 5.15 Å². The largest absolute Gasteiger partial charge is 0.154 e. The fourth-order valence-electron chi connectivity index (χ4n) is 1.27. The quantitative estimate of drug-likeness (QED) is 0.707. The molecule has 1 heterocycles. The van der Waals surface area contributed by atoms with Gasteiger partial charge in [0.25, 0.3) is 0 Å². The molecule has 0 amide bonds. The maximum Gasteiger partial charge on any atom is 0.154 e. The summed E-state index contributed by atoms with van der Waals surface area (Å²) in [5, 5.41) is 8.34. The van der Waals surface area contributed by atoms with Crippen molar-refractivity contribution < 1.29 is 0 Å². The molecule has 0 spiro atoms. The van der Waals surface area contributed by atoms with Crippen LogP contribution in [0.15, 0.2) is 0 Å². The van der Waals surface area contributed by atoms with E-state index in [1.165, 1.54) is 5.56 Å². The van der Waals surface area contributed by atoms with Gasteiger partial charge in [0.05, 0.1) is 5.69 Å². The molecule has 0 aliphatic heterocycles. The van der Waals surface area contributed by atoms with E-state index in [4.69, 9.17) is 11.6 Å². The van der Waals surface area contributed by atoms with Crippen LogP contribution in [0.1, 0.15) is 30.2 Å². The third-order valence-corrected chi connectivity index (χ3v) is 2.35. The van der Waals surface area contributed by atoms with Gasteiger partial charge in [0.1, 0.15) is 0 Å². The third-order valence-electron chi connectivity index (χ3n) is 1.99. The van der Waals surface area contributed by atoms with Crippen molar-refractivity contribution in [2.24, 2.45) is 0 Å². The average molecular weight is 185 g/mol. The van der Waals surface area contributed by atoms with Crippen LogP contribution in [-0.2, 0) is 6.42 Å². The molecular weight excluding hydrogens is 172 g/mol. The smallest absolute Gasteiger partial charge is 0.154 e. The molecule has 1 rings (SSSR count). The highest BCUT2D eigenvalue weighted by Gasteiger charge is 2.06. The Kier molecular flexibility index (Phi) is 3.04. The van der Waals surface area contributed by atoms with Crippen LogP contribution >= 0.6 is 11.6 Å². The van der Waals surface area contributed by atoms with Gasteiger partial charge in [-0.15, -0.1) is 5.10 Å². The number of halogens is 1. The van der Waals surface area contributed by atoms with Crippen LogP contribution in [0.25, 0.3) is 0 Å². The molecule has 0 saturated carbocycles. The van der Waals surface area contributed by atoms with Gasteiger partial charge in [0.15, 0.2) is 5.15 Å². The zero-order chi connectivity index (χ0) is 9.14. The molecule has 0 fully saturated rings. The Morgan fingerprint density at radius 2 is 1.92 bits per heavy atom. The molecule has 0 bridgehead atoms. The first kappa shape index (κ1) is 9.46. The number of rotatable bonds is 2. The van der Waals surface area contributed by atoms with Gasteiger partial charge < -0.3 is 0 Å². The van der Waals surface area contributed by atoms with Crippen LogP contribution < -0.4 is 0 Å². The average Bonchev–Trinajstić information content (AvgIpc) is 2.06. The molecule has 0 atom stereocenters. The minimum absolute atomic E-state index is 0.532. The fourth-order valence-corrected chi connectivity index (χ4v) is 1.42. The molecule has 66 valence electrons. The Morgan fingerprint density at radius 3 is 2.50 bits per heavy atom. The zero-order valence-corrected chi connectivity index (χ0v) is 8.44. The number of aryl methyl sites for hydroxylation is 1. The van der Waals surface area contributed by atoms with E-state index >= 15 is 0 Å². The second kappa shape index (κ2) is 3.85. The van der Waals surface area contributed by atoms with Crippen LogP contribution in [0.4, 0.5) is 0 Å². The molecule has 0 N–H and O–H groups in total. The van der Waals surface area contributed by atoms with Crippen molar-refractivity contribution in [3.8, 4) is 0 Å². The van der Waals surface area contributed by atoms with E-state index < -0.39 is 0 Å². The summed E-state index contributed by atoms with van der Waals surface area (Å²) in [6.07, 6.45) is 2.15. The molecule has 0 unspecified atom stereocenters. The van der Waals surface area contributed by atoms with Crippen LogP contribution in [0.5, 0.6) is 0 Å². The van der Waals surface area contributed by atoms with Gasteiger partial charge in [-0.25, -0.2) is 0 Å². The van der Waals surface area contributed by atoms with E-state index in [1.54, 1.807) is 0 Å². The monoisotopic (exact) mass is 184 g/mol. The lowest BCUT2D eigenvalue weighted by atomic mass is 10.1. The molecule has 12 heavy (non-hydrogen) atoms. The lowest BCUT2D eigenvalue weighted by Gasteiger charge is -2.07. The Morgan fingerprint density at radius 1 is 1.25 bits per heavy atom. The van der Waals surface area contributed by atoms with Crippen LogP contribution in [0.2, 0.25) is 5.15 Å². The minimum atomic E-state index is 0.532. The summed E-state index contributed by atoms with van der Waals surface area (Å²) < 4.78 is 0. The van der Waals surface area contributed by atoms with Crippen molar-refractivity contribution in [2.75, 3.05) is 0 Å². The standard InChI is InChI=1S/C9H13ClN2/c1-4-5-8-6(2)9(10)12-11-7(8)3/h4-5H2,1-3H3. The number of hydrogen-bond donors (Lipinski definition) is 0.